The zero-order valence-electron chi connectivity index (χ0n) is 24.0. The molecule has 0 aromatic heterocycles. The average Bonchev–Trinajstić information content (AvgIpc) is 3.00. The summed E-state index contributed by atoms with van der Waals surface area (Å²) in [5, 5.41) is 3.13. The molecule has 3 aromatic carbocycles. The van der Waals surface area contributed by atoms with Crippen LogP contribution in [0.1, 0.15) is 50.2 Å². The van der Waals surface area contributed by atoms with Gasteiger partial charge in [-0.1, -0.05) is 61.7 Å². The highest BCUT2D eigenvalue weighted by molar-refractivity contribution is 7.92. The number of hydrogen-bond acceptors (Lipinski definition) is 5. The van der Waals surface area contributed by atoms with Gasteiger partial charge in [0.15, 0.2) is 0 Å². The SMILES string of the molecule is COc1ccc(N(CC(=O)N(Cc2ccccc2C)C(C)C(=O)NC2CCCCC2)S(=O)(=O)c2ccccc2)cc1. The first-order chi connectivity index (χ1) is 19.7. The fourth-order valence-corrected chi connectivity index (χ4v) is 6.55. The molecule has 1 unspecified atom stereocenters. The Hall–Kier alpha value is -3.85. The summed E-state index contributed by atoms with van der Waals surface area (Å²) in [6, 6.07) is 21.5. The zero-order valence-corrected chi connectivity index (χ0v) is 24.8. The lowest BCUT2D eigenvalue weighted by atomic mass is 9.95. The molecule has 3 aromatic rings. The number of ether oxygens (including phenoxy) is 1. The number of aryl methyl sites for hydroxylation is 1. The van der Waals surface area contributed by atoms with Crippen molar-refractivity contribution in [2.45, 2.75) is 69.5 Å². The van der Waals surface area contributed by atoms with Crippen molar-refractivity contribution >= 4 is 27.5 Å². The lowest BCUT2D eigenvalue weighted by Gasteiger charge is -2.33. The van der Waals surface area contributed by atoms with Gasteiger partial charge >= 0.3 is 0 Å². The van der Waals surface area contributed by atoms with Gasteiger partial charge in [0.05, 0.1) is 17.7 Å². The summed E-state index contributed by atoms with van der Waals surface area (Å²) in [5.74, 6) is -0.151. The molecule has 1 N–H and O–H groups in total. The van der Waals surface area contributed by atoms with Crippen molar-refractivity contribution in [3.8, 4) is 5.75 Å². The number of methoxy groups -OCH3 is 1. The maximum absolute atomic E-state index is 14.1. The van der Waals surface area contributed by atoms with Crippen LogP contribution in [0.15, 0.2) is 83.8 Å². The van der Waals surface area contributed by atoms with Crippen LogP contribution in [-0.2, 0) is 26.2 Å². The Kier molecular flexibility index (Phi) is 10.0. The third-order valence-corrected chi connectivity index (χ3v) is 9.48. The lowest BCUT2D eigenvalue weighted by molar-refractivity contribution is -0.139. The van der Waals surface area contributed by atoms with Crippen LogP contribution in [0, 0.1) is 6.92 Å². The molecule has 4 rings (SSSR count). The second-order valence-corrected chi connectivity index (χ2v) is 12.4. The molecule has 8 nitrogen and oxygen atoms in total. The summed E-state index contributed by atoms with van der Waals surface area (Å²) < 4.78 is 34.1. The Balaban J connectivity index is 1.67. The minimum atomic E-state index is -4.11. The third kappa shape index (κ3) is 7.47. The summed E-state index contributed by atoms with van der Waals surface area (Å²) in [7, 11) is -2.58. The largest absolute Gasteiger partial charge is 0.497 e. The van der Waals surface area contributed by atoms with Crippen LogP contribution < -0.4 is 14.4 Å². The summed E-state index contributed by atoms with van der Waals surface area (Å²) in [4.78, 5) is 29.1. The molecule has 1 fully saturated rings. The molecule has 0 heterocycles. The van der Waals surface area contributed by atoms with Gasteiger partial charge in [-0.25, -0.2) is 8.42 Å². The number of amides is 2. The first-order valence-electron chi connectivity index (χ1n) is 14.1. The van der Waals surface area contributed by atoms with Crippen molar-refractivity contribution in [3.63, 3.8) is 0 Å². The quantitative estimate of drug-likeness (QED) is 0.344. The molecule has 0 saturated heterocycles. The summed E-state index contributed by atoms with van der Waals surface area (Å²) in [5.41, 5.74) is 2.19. The van der Waals surface area contributed by atoms with Crippen molar-refractivity contribution in [2.24, 2.45) is 0 Å². The van der Waals surface area contributed by atoms with Crippen molar-refractivity contribution in [3.05, 3.63) is 90.0 Å². The molecule has 1 atom stereocenters. The number of rotatable bonds is 11. The first-order valence-corrected chi connectivity index (χ1v) is 15.5. The highest BCUT2D eigenvalue weighted by Crippen LogP contribution is 2.27. The number of nitrogens with one attached hydrogen (secondary N) is 1. The Morgan fingerprint density at radius 2 is 1.56 bits per heavy atom. The van der Waals surface area contributed by atoms with Crippen LogP contribution in [0.2, 0.25) is 0 Å². The number of carbonyl (C=O) groups is 2. The molecule has 1 aliphatic rings. The van der Waals surface area contributed by atoms with Gasteiger partial charge in [-0.2, -0.15) is 0 Å². The van der Waals surface area contributed by atoms with Gasteiger partial charge in [0.1, 0.15) is 18.3 Å². The molecule has 41 heavy (non-hydrogen) atoms. The fourth-order valence-electron chi connectivity index (χ4n) is 5.12. The second-order valence-electron chi connectivity index (χ2n) is 10.5. The van der Waals surface area contributed by atoms with Gasteiger partial charge in [-0.3, -0.25) is 13.9 Å². The van der Waals surface area contributed by atoms with E-state index in [1.54, 1.807) is 49.4 Å². The van der Waals surface area contributed by atoms with Crippen molar-refractivity contribution in [1.82, 2.24) is 10.2 Å². The highest BCUT2D eigenvalue weighted by Gasteiger charge is 2.33. The van der Waals surface area contributed by atoms with Gasteiger partial charge in [0.2, 0.25) is 11.8 Å². The fraction of sp³-hybridized carbons (Fsp3) is 0.375. The van der Waals surface area contributed by atoms with E-state index < -0.39 is 28.5 Å². The van der Waals surface area contributed by atoms with Crippen molar-refractivity contribution in [2.75, 3.05) is 18.0 Å². The van der Waals surface area contributed by atoms with Crippen LogP contribution in [0.25, 0.3) is 0 Å². The third-order valence-electron chi connectivity index (χ3n) is 7.69. The predicted octanol–water partition coefficient (Wildman–Crippen LogP) is 5.07. The molecule has 9 heteroatoms. The summed E-state index contributed by atoms with van der Waals surface area (Å²) in [6.45, 7) is 3.36. The number of sulfonamides is 1. The maximum atomic E-state index is 14.1. The number of anilines is 1. The molecule has 1 aliphatic carbocycles. The summed E-state index contributed by atoms with van der Waals surface area (Å²) >= 11 is 0. The molecule has 218 valence electrons. The number of hydrogen-bond donors (Lipinski definition) is 1. The van der Waals surface area contributed by atoms with E-state index in [4.69, 9.17) is 4.74 Å². The number of benzene rings is 3. The molecule has 0 aliphatic heterocycles. The van der Waals surface area contributed by atoms with E-state index in [2.05, 4.69) is 5.32 Å². The number of nitrogens with zero attached hydrogens (tertiary/aromatic N) is 2. The molecule has 2 amide bonds. The minimum absolute atomic E-state index is 0.0668. The van der Waals surface area contributed by atoms with Gasteiger partial charge < -0.3 is 15.0 Å². The van der Waals surface area contributed by atoms with E-state index in [9.17, 15) is 18.0 Å². The van der Waals surface area contributed by atoms with Gasteiger partial charge in [-0.05, 0) is 74.2 Å². The van der Waals surface area contributed by atoms with Crippen LogP contribution >= 0.6 is 0 Å². The summed E-state index contributed by atoms with van der Waals surface area (Å²) in [6.07, 6.45) is 5.14. The maximum Gasteiger partial charge on any atom is 0.264 e. The Morgan fingerprint density at radius 3 is 2.20 bits per heavy atom. The van der Waals surface area contributed by atoms with Crippen molar-refractivity contribution < 1.29 is 22.7 Å². The Labute approximate surface area is 243 Å². The zero-order chi connectivity index (χ0) is 29.4. The smallest absolute Gasteiger partial charge is 0.264 e. The van der Waals surface area contributed by atoms with E-state index >= 15 is 0 Å². The highest BCUT2D eigenvalue weighted by atomic mass is 32.2. The van der Waals surface area contributed by atoms with E-state index in [0.29, 0.717) is 11.4 Å². The first kappa shape index (κ1) is 30.1. The second kappa shape index (κ2) is 13.7. The van der Waals surface area contributed by atoms with Gasteiger partial charge in [-0.15, -0.1) is 0 Å². The Bertz CT molecular complexity index is 1420. The van der Waals surface area contributed by atoms with E-state index in [0.717, 1.165) is 47.5 Å². The van der Waals surface area contributed by atoms with E-state index in [1.165, 1.54) is 24.1 Å². The lowest BCUT2D eigenvalue weighted by Crippen LogP contribution is -2.53. The van der Waals surface area contributed by atoms with E-state index in [-0.39, 0.29) is 23.4 Å². The van der Waals surface area contributed by atoms with E-state index in [1.807, 2.05) is 31.2 Å². The van der Waals surface area contributed by atoms with Gasteiger partial charge in [0, 0.05) is 12.6 Å². The standard InChI is InChI=1S/C32H39N3O5S/c1-24-12-10-11-13-26(24)22-34(25(2)32(37)33-27-14-6-4-7-15-27)31(36)23-35(28-18-20-29(40-3)21-19-28)41(38,39)30-16-8-5-9-17-30/h5,8-13,16-21,25,27H,4,6-7,14-15,22-23H2,1-3H3,(H,33,37). The van der Waals surface area contributed by atoms with Crippen LogP contribution in [-0.4, -0.2) is 50.9 Å². The normalized spacial score (nSPS) is 14.6. The van der Waals surface area contributed by atoms with Crippen LogP contribution in [0.3, 0.4) is 0 Å². The average molecular weight is 578 g/mol. The predicted molar refractivity (Wildman–Crippen MR) is 160 cm³/mol. The molecule has 0 bridgehead atoms. The van der Waals surface area contributed by atoms with Crippen LogP contribution in [0.4, 0.5) is 5.69 Å². The van der Waals surface area contributed by atoms with Crippen molar-refractivity contribution in [1.29, 1.82) is 0 Å². The molecular formula is C32H39N3O5S. The molecule has 1 saturated carbocycles. The number of carbonyl (C=O) groups excluding carboxylic acids is 2. The Morgan fingerprint density at radius 1 is 0.927 bits per heavy atom. The van der Waals surface area contributed by atoms with Crippen LogP contribution in [0.5, 0.6) is 5.75 Å². The minimum Gasteiger partial charge on any atom is -0.497 e. The topological polar surface area (TPSA) is 96.0 Å². The molecule has 0 radical (unpaired) electrons. The molecule has 0 spiro atoms. The van der Waals surface area contributed by atoms with Gasteiger partial charge in [0.25, 0.3) is 10.0 Å². The molecular weight excluding hydrogens is 538 g/mol. The monoisotopic (exact) mass is 577 g/mol.